The molecule has 2 aliphatic heterocycles. The number of nitrogens with zero attached hydrogens (tertiary/aromatic N) is 1. The van der Waals surface area contributed by atoms with E-state index in [1.807, 2.05) is 0 Å². The van der Waals surface area contributed by atoms with Crippen LogP contribution in [0.1, 0.15) is 19.3 Å². The van der Waals surface area contributed by atoms with Gasteiger partial charge in [-0.25, -0.2) is 21.6 Å². The first-order valence-corrected chi connectivity index (χ1v) is 12.8. The molecule has 7 nitrogen and oxygen atoms in total. The lowest BCUT2D eigenvalue weighted by Crippen LogP contribution is -2.44. The smallest absolute Gasteiger partial charge is 0.240 e. The Bertz CT molecular complexity index is 831. The van der Waals surface area contributed by atoms with E-state index in [1.165, 1.54) is 16.4 Å². The second kappa shape index (κ2) is 7.67. The van der Waals surface area contributed by atoms with Crippen molar-refractivity contribution in [1.29, 1.82) is 0 Å². The molecule has 1 unspecified atom stereocenters. The van der Waals surface area contributed by atoms with E-state index < -0.39 is 25.6 Å². The van der Waals surface area contributed by atoms with Gasteiger partial charge in [0, 0.05) is 26.0 Å². The number of hydrogen-bond acceptors (Lipinski definition) is 6. The fraction of sp³-hybridized carbons (Fsp3) is 0.625. The molecule has 0 amide bonds. The third-order valence-electron chi connectivity index (χ3n) is 4.87. The molecule has 0 radical (unpaired) electrons. The Labute approximate surface area is 159 Å². The number of methoxy groups -OCH3 is 1. The molecule has 0 bridgehead atoms. The SMILES string of the molecule is COC1(CNS(=O)(=O)c2ccc(N3CCCCS3(=O)=O)cc2)CCSC1. The summed E-state index contributed by atoms with van der Waals surface area (Å²) >= 11 is 1.75. The van der Waals surface area contributed by atoms with Crippen LogP contribution in [0.3, 0.4) is 0 Å². The van der Waals surface area contributed by atoms with Crippen molar-refractivity contribution in [2.45, 2.75) is 29.8 Å². The molecular weight excluding hydrogens is 396 g/mol. The lowest BCUT2D eigenvalue weighted by atomic mass is 10.0. The molecule has 0 saturated carbocycles. The Hall–Kier alpha value is -0.810. The Balaban J connectivity index is 1.73. The maximum atomic E-state index is 12.6. The Morgan fingerprint density at radius 1 is 1.27 bits per heavy atom. The van der Waals surface area contributed by atoms with Crippen LogP contribution in [0.5, 0.6) is 0 Å². The molecule has 146 valence electrons. The number of anilines is 1. The zero-order chi connectivity index (χ0) is 18.8. The third kappa shape index (κ3) is 4.19. The maximum Gasteiger partial charge on any atom is 0.240 e. The maximum absolute atomic E-state index is 12.6. The lowest BCUT2D eigenvalue weighted by molar-refractivity contribution is 0.0179. The van der Waals surface area contributed by atoms with Crippen LogP contribution in [0, 0.1) is 0 Å². The van der Waals surface area contributed by atoms with Crippen molar-refractivity contribution in [1.82, 2.24) is 4.72 Å². The molecule has 2 aliphatic rings. The van der Waals surface area contributed by atoms with Crippen LogP contribution in [-0.4, -0.2) is 59.9 Å². The largest absolute Gasteiger partial charge is 0.376 e. The minimum absolute atomic E-state index is 0.118. The number of nitrogens with one attached hydrogen (secondary N) is 1. The van der Waals surface area contributed by atoms with E-state index in [-0.39, 0.29) is 17.2 Å². The molecule has 1 atom stereocenters. The standard InChI is InChI=1S/C16H24N2O5S3/c1-23-16(8-10-24-13-16)12-17-26(21,22)15-6-4-14(5-7-15)18-9-2-3-11-25(18,19)20/h4-7,17H,2-3,8-13H2,1H3. The normalized spacial score (nSPS) is 26.1. The highest BCUT2D eigenvalue weighted by Gasteiger charge is 2.35. The summed E-state index contributed by atoms with van der Waals surface area (Å²) in [6.07, 6.45) is 2.27. The molecular formula is C16H24N2O5S3. The summed E-state index contributed by atoms with van der Waals surface area (Å²) < 4.78 is 58.9. The highest BCUT2D eigenvalue weighted by Crippen LogP contribution is 2.31. The summed E-state index contributed by atoms with van der Waals surface area (Å²) in [5.74, 6) is 1.85. The van der Waals surface area contributed by atoms with Gasteiger partial charge in [-0.05, 0) is 49.3 Å². The van der Waals surface area contributed by atoms with Gasteiger partial charge in [-0.3, -0.25) is 4.31 Å². The first-order valence-electron chi connectivity index (χ1n) is 8.51. The van der Waals surface area contributed by atoms with Gasteiger partial charge in [0.05, 0.1) is 21.9 Å². The second-order valence-corrected chi connectivity index (χ2v) is 11.5. The first-order chi connectivity index (χ1) is 12.3. The fourth-order valence-corrected chi connectivity index (χ4v) is 7.29. The molecule has 2 saturated heterocycles. The summed E-state index contributed by atoms with van der Waals surface area (Å²) in [5.41, 5.74) is 0.0451. The van der Waals surface area contributed by atoms with E-state index in [1.54, 1.807) is 31.0 Å². The number of sulfonamides is 2. The molecule has 0 aromatic heterocycles. The number of hydrogen-bond donors (Lipinski definition) is 1. The Morgan fingerprint density at radius 2 is 2.00 bits per heavy atom. The molecule has 1 N–H and O–H groups in total. The van der Waals surface area contributed by atoms with Crippen molar-refractivity contribution < 1.29 is 21.6 Å². The minimum atomic E-state index is -3.68. The van der Waals surface area contributed by atoms with Crippen LogP contribution in [0.2, 0.25) is 0 Å². The van der Waals surface area contributed by atoms with Gasteiger partial charge in [0.1, 0.15) is 0 Å². The van der Waals surface area contributed by atoms with Crippen LogP contribution >= 0.6 is 11.8 Å². The highest BCUT2D eigenvalue weighted by molar-refractivity contribution is 7.99. The van der Waals surface area contributed by atoms with Gasteiger partial charge >= 0.3 is 0 Å². The fourth-order valence-electron chi connectivity index (χ4n) is 3.14. The van der Waals surface area contributed by atoms with E-state index in [9.17, 15) is 16.8 Å². The van der Waals surface area contributed by atoms with Crippen molar-refractivity contribution in [3.05, 3.63) is 24.3 Å². The third-order valence-corrected chi connectivity index (χ3v) is 9.38. The predicted molar refractivity (Wildman–Crippen MR) is 104 cm³/mol. The summed E-state index contributed by atoms with van der Waals surface area (Å²) in [5, 5.41) is 0. The quantitative estimate of drug-likeness (QED) is 0.748. The molecule has 1 aromatic rings. The summed E-state index contributed by atoms with van der Waals surface area (Å²) in [6, 6.07) is 6.00. The molecule has 1 aromatic carbocycles. The van der Waals surface area contributed by atoms with E-state index in [0.29, 0.717) is 18.7 Å². The van der Waals surface area contributed by atoms with Crippen molar-refractivity contribution >= 4 is 37.5 Å². The lowest BCUT2D eigenvalue weighted by Gasteiger charge is -2.28. The number of thioether (sulfide) groups is 1. The van der Waals surface area contributed by atoms with Crippen LogP contribution < -0.4 is 9.03 Å². The van der Waals surface area contributed by atoms with Gasteiger partial charge in [0.25, 0.3) is 0 Å². The average Bonchev–Trinajstić information content (AvgIpc) is 3.10. The topological polar surface area (TPSA) is 92.8 Å². The van der Waals surface area contributed by atoms with Gasteiger partial charge in [0.2, 0.25) is 20.0 Å². The van der Waals surface area contributed by atoms with Crippen molar-refractivity contribution in [2.75, 3.05) is 41.8 Å². The highest BCUT2D eigenvalue weighted by atomic mass is 32.2. The molecule has 10 heteroatoms. The van der Waals surface area contributed by atoms with E-state index in [4.69, 9.17) is 4.74 Å². The minimum Gasteiger partial charge on any atom is -0.376 e. The summed E-state index contributed by atoms with van der Waals surface area (Å²) in [4.78, 5) is 0.118. The van der Waals surface area contributed by atoms with Gasteiger partial charge in [0.15, 0.2) is 0 Å². The second-order valence-electron chi connectivity index (χ2n) is 6.60. The van der Waals surface area contributed by atoms with Crippen molar-refractivity contribution in [3.8, 4) is 0 Å². The Morgan fingerprint density at radius 3 is 2.58 bits per heavy atom. The van der Waals surface area contributed by atoms with Crippen LogP contribution in [0.4, 0.5) is 5.69 Å². The van der Waals surface area contributed by atoms with Crippen LogP contribution in [0.25, 0.3) is 0 Å². The zero-order valence-electron chi connectivity index (χ0n) is 14.7. The number of ether oxygens (including phenoxy) is 1. The molecule has 2 fully saturated rings. The molecule has 0 spiro atoms. The van der Waals surface area contributed by atoms with Gasteiger partial charge in [-0.1, -0.05) is 0 Å². The van der Waals surface area contributed by atoms with Crippen molar-refractivity contribution in [3.63, 3.8) is 0 Å². The predicted octanol–water partition coefficient (Wildman–Crippen LogP) is 1.42. The van der Waals surface area contributed by atoms with E-state index in [0.717, 1.165) is 24.3 Å². The Kier molecular flexibility index (Phi) is 5.88. The monoisotopic (exact) mass is 420 g/mol. The molecule has 2 heterocycles. The number of benzene rings is 1. The molecule has 26 heavy (non-hydrogen) atoms. The van der Waals surface area contributed by atoms with Gasteiger partial charge < -0.3 is 4.74 Å². The zero-order valence-corrected chi connectivity index (χ0v) is 17.1. The van der Waals surface area contributed by atoms with Gasteiger partial charge in [-0.2, -0.15) is 11.8 Å². The summed E-state index contributed by atoms with van der Waals surface area (Å²) in [6.45, 7) is 0.655. The molecule has 3 rings (SSSR count). The first kappa shape index (κ1) is 19.9. The van der Waals surface area contributed by atoms with Crippen molar-refractivity contribution in [2.24, 2.45) is 0 Å². The molecule has 0 aliphatic carbocycles. The summed E-state index contributed by atoms with van der Waals surface area (Å²) in [7, 11) is -5.38. The number of rotatable bonds is 6. The van der Waals surface area contributed by atoms with E-state index in [2.05, 4.69) is 4.72 Å². The van der Waals surface area contributed by atoms with Gasteiger partial charge in [-0.15, -0.1) is 0 Å². The van der Waals surface area contributed by atoms with Crippen LogP contribution in [-0.2, 0) is 24.8 Å². The van der Waals surface area contributed by atoms with Crippen LogP contribution in [0.15, 0.2) is 29.2 Å². The average molecular weight is 421 g/mol. The van der Waals surface area contributed by atoms with E-state index >= 15 is 0 Å².